The average Bonchev–Trinajstić information content (AvgIpc) is 3.46. The molecule has 1 aliphatic rings. The Balaban J connectivity index is 1.26. The van der Waals surface area contributed by atoms with Gasteiger partial charge >= 0.3 is 0 Å². The van der Waals surface area contributed by atoms with E-state index in [2.05, 4.69) is 39.6 Å². The molecule has 8 heteroatoms. The van der Waals surface area contributed by atoms with Gasteiger partial charge in [-0.2, -0.15) is 0 Å². The molecule has 1 aliphatic heterocycles. The molecule has 2 amide bonds. The summed E-state index contributed by atoms with van der Waals surface area (Å²) in [7, 11) is 0. The van der Waals surface area contributed by atoms with E-state index >= 15 is 0 Å². The average molecular weight is 441 g/mol. The van der Waals surface area contributed by atoms with Gasteiger partial charge in [0, 0.05) is 34.7 Å². The minimum absolute atomic E-state index is 0.102. The van der Waals surface area contributed by atoms with Gasteiger partial charge in [0.15, 0.2) is 5.13 Å². The number of carbonyl (C=O) groups excluding carboxylic acids is 2. The Bertz CT molecular complexity index is 999. The van der Waals surface area contributed by atoms with Crippen molar-refractivity contribution in [2.75, 3.05) is 28.6 Å². The van der Waals surface area contributed by atoms with Gasteiger partial charge in [-0.15, -0.1) is 22.7 Å². The minimum atomic E-state index is -0.126. The second kappa shape index (κ2) is 9.40. The van der Waals surface area contributed by atoms with E-state index in [1.807, 2.05) is 29.6 Å². The first-order chi connectivity index (χ1) is 14.5. The van der Waals surface area contributed by atoms with Crippen LogP contribution in [-0.2, 0) is 22.4 Å². The van der Waals surface area contributed by atoms with Crippen LogP contribution < -0.4 is 15.5 Å². The van der Waals surface area contributed by atoms with Crippen LogP contribution in [0.1, 0.15) is 23.9 Å². The quantitative estimate of drug-likeness (QED) is 0.571. The molecule has 0 radical (unpaired) electrons. The molecule has 0 aliphatic carbocycles. The van der Waals surface area contributed by atoms with Crippen molar-refractivity contribution in [1.82, 2.24) is 4.98 Å². The number of hydrogen-bond donors (Lipinski definition) is 2. The van der Waals surface area contributed by atoms with E-state index in [-0.39, 0.29) is 18.2 Å². The molecule has 6 nitrogen and oxygen atoms in total. The van der Waals surface area contributed by atoms with Crippen LogP contribution in [0, 0.1) is 5.92 Å². The monoisotopic (exact) mass is 440 g/mol. The summed E-state index contributed by atoms with van der Waals surface area (Å²) < 4.78 is 0. The highest BCUT2D eigenvalue weighted by Gasteiger charge is 2.18. The summed E-state index contributed by atoms with van der Waals surface area (Å²) in [5.41, 5.74) is 2.61. The van der Waals surface area contributed by atoms with Gasteiger partial charge < -0.3 is 15.5 Å². The van der Waals surface area contributed by atoms with Crippen LogP contribution in [0.25, 0.3) is 0 Å². The van der Waals surface area contributed by atoms with Crippen LogP contribution in [0.5, 0.6) is 0 Å². The predicted molar refractivity (Wildman–Crippen MR) is 124 cm³/mol. The van der Waals surface area contributed by atoms with Crippen LogP contribution in [0.3, 0.4) is 0 Å². The van der Waals surface area contributed by atoms with Crippen molar-refractivity contribution >= 4 is 51.0 Å². The molecule has 0 spiro atoms. The van der Waals surface area contributed by atoms with Crippen molar-refractivity contribution in [3.05, 3.63) is 57.7 Å². The first-order valence-corrected chi connectivity index (χ1v) is 11.7. The smallest absolute Gasteiger partial charge is 0.231 e. The summed E-state index contributed by atoms with van der Waals surface area (Å²) in [5.74, 6) is 0.502. The molecular weight excluding hydrogens is 416 g/mol. The van der Waals surface area contributed by atoms with Gasteiger partial charge in [-0.05, 0) is 48.1 Å². The number of benzene rings is 1. The Morgan fingerprint density at radius 3 is 2.60 bits per heavy atom. The lowest BCUT2D eigenvalue weighted by Crippen LogP contribution is -2.19. The lowest BCUT2D eigenvalue weighted by molar-refractivity contribution is -0.116. The van der Waals surface area contributed by atoms with Gasteiger partial charge in [0.2, 0.25) is 11.8 Å². The number of thiazole rings is 1. The molecule has 1 atom stereocenters. The Morgan fingerprint density at radius 1 is 1.10 bits per heavy atom. The predicted octanol–water partition coefficient (Wildman–Crippen LogP) is 4.41. The molecule has 3 aromatic rings. The fraction of sp³-hybridized carbons (Fsp3) is 0.318. The highest BCUT2D eigenvalue weighted by molar-refractivity contribution is 7.14. The molecule has 1 unspecified atom stereocenters. The Hall–Kier alpha value is -2.71. The highest BCUT2D eigenvalue weighted by atomic mass is 32.1. The second-order valence-corrected chi connectivity index (χ2v) is 9.45. The lowest BCUT2D eigenvalue weighted by Gasteiger charge is -2.18. The van der Waals surface area contributed by atoms with E-state index in [4.69, 9.17) is 0 Å². The largest absolute Gasteiger partial charge is 0.371 e. The van der Waals surface area contributed by atoms with Crippen molar-refractivity contribution in [2.45, 2.75) is 26.2 Å². The molecule has 1 saturated heterocycles. The van der Waals surface area contributed by atoms with E-state index in [0.717, 1.165) is 29.6 Å². The molecule has 2 N–H and O–H groups in total. The van der Waals surface area contributed by atoms with Crippen molar-refractivity contribution in [3.8, 4) is 0 Å². The zero-order chi connectivity index (χ0) is 20.9. The molecule has 1 fully saturated rings. The Morgan fingerprint density at radius 2 is 1.90 bits per heavy atom. The number of anilines is 3. The van der Waals surface area contributed by atoms with Crippen LogP contribution in [0.4, 0.5) is 16.5 Å². The molecule has 0 bridgehead atoms. The molecular formula is C22H24N4O2S2. The molecule has 30 heavy (non-hydrogen) atoms. The second-order valence-electron chi connectivity index (χ2n) is 7.56. The molecule has 3 heterocycles. The van der Waals surface area contributed by atoms with Crippen LogP contribution in [0.15, 0.2) is 47.2 Å². The SMILES string of the molecule is CC1CCN(c2ccc(NC(=O)Cc3csc(NC(=O)Cc4cccs4)n3)cc2)C1. The molecule has 0 saturated carbocycles. The number of hydrogen-bond acceptors (Lipinski definition) is 6. The topological polar surface area (TPSA) is 74.3 Å². The standard InChI is InChI=1S/C22H24N4O2S2/c1-15-8-9-26(13-15)18-6-4-16(5-7-18)23-20(27)11-17-14-30-22(24-17)25-21(28)12-19-3-2-10-29-19/h2-7,10,14-15H,8-9,11-13H2,1H3,(H,23,27)(H,24,25,28). The first kappa shape index (κ1) is 20.6. The summed E-state index contributed by atoms with van der Waals surface area (Å²) in [6, 6.07) is 11.8. The zero-order valence-corrected chi connectivity index (χ0v) is 18.4. The lowest BCUT2D eigenvalue weighted by atomic mass is 10.2. The number of amides is 2. The van der Waals surface area contributed by atoms with Crippen LogP contribution in [-0.4, -0.2) is 29.9 Å². The van der Waals surface area contributed by atoms with Gasteiger partial charge in [0.25, 0.3) is 0 Å². The van der Waals surface area contributed by atoms with Crippen molar-refractivity contribution in [3.63, 3.8) is 0 Å². The number of carbonyl (C=O) groups is 2. The fourth-order valence-electron chi connectivity index (χ4n) is 3.48. The van der Waals surface area contributed by atoms with Crippen LogP contribution in [0.2, 0.25) is 0 Å². The fourth-order valence-corrected chi connectivity index (χ4v) is 4.91. The number of aromatic nitrogens is 1. The van der Waals surface area contributed by atoms with Crippen molar-refractivity contribution in [1.29, 1.82) is 0 Å². The summed E-state index contributed by atoms with van der Waals surface area (Å²) in [6.07, 6.45) is 1.73. The molecule has 4 rings (SSSR count). The summed E-state index contributed by atoms with van der Waals surface area (Å²) in [4.78, 5) is 32.2. The summed E-state index contributed by atoms with van der Waals surface area (Å²) >= 11 is 2.88. The maximum atomic E-state index is 12.4. The highest BCUT2D eigenvalue weighted by Crippen LogP contribution is 2.25. The molecule has 1 aromatic carbocycles. The van der Waals surface area contributed by atoms with E-state index in [0.29, 0.717) is 17.2 Å². The van der Waals surface area contributed by atoms with E-state index in [9.17, 15) is 9.59 Å². The maximum Gasteiger partial charge on any atom is 0.231 e. The van der Waals surface area contributed by atoms with E-state index in [1.165, 1.54) is 23.4 Å². The van der Waals surface area contributed by atoms with E-state index in [1.54, 1.807) is 16.7 Å². The van der Waals surface area contributed by atoms with Gasteiger partial charge in [0.1, 0.15) is 0 Å². The van der Waals surface area contributed by atoms with Crippen LogP contribution >= 0.6 is 22.7 Å². The van der Waals surface area contributed by atoms with Gasteiger partial charge in [-0.3, -0.25) is 9.59 Å². The zero-order valence-electron chi connectivity index (χ0n) is 16.8. The van der Waals surface area contributed by atoms with Gasteiger partial charge in [-0.25, -0.2) is 4.98 Å². The number of thiophene rings is 1. The van der Waals surface area contributed by atoms with Crippen molar-refractivity contribution in [2.24, 2.45) is 5.92 Å². The Kier molecular flexibility index (Phi) is 6.44. The third kappa shape index (κ3) is 5.46. The summed E-state index contributed by atoms with van der Waals surface area (Å²) in [5, 5.41) is 9.98. The third-order valence-corrected chi connectivity index (χ3v) is 6.68. The first-order valence-electron chi connectivity index (χ1n) is 9.96. The summed E-state index contributed by atoms with van der Waals surface area (Å²) in [6.45, 7) is 4.44. The number of nitrogens with one attached hydrogen (secondary N) is 2. The van der Waals surface area contributed by atoms with Crippen molar-refractivity contribution < 1.29 is 9.59 Å². The normalized spacial score (nSPS) is 15.9. The van der Waals surface area contributed by atoms with Gasteiger partial charge in [0.05, 0.1) is 18.5 Å². The maximum absolute atomic E-state index is 12.4. The molecule has 2 aromatic heterocycles. The molecule has 156 valence electrons. The minimum Gasteiger partial charge on any atom is -0.371 e. The van der Waals surface area contributed by atoms with Gasteiger partial charge in [-0.1, -0.05) is 13.0 Å². The number of nitrogens with zero attached hydrogens (tertiary/aromatic N) is 2. The Labute approximate surface area is 184 Å². The van der Waals surface area contributed by atoms with E-state index < -0.39 is 0 Å². The third-order valence-electron chi connectivity index (χ3n) is 4.99. The number of rotatable bonds is 7.